The number of rotatable bonds is 32. The van der Waals surface area contributed by atoms with Crippen LogP contribution in [0.4, 0.5) is 132 Å². The molecule has 6 amide bonds. The van der Waals surface area contributed by atoms with Gasteiger partial charge in [-0.3, -0.25) is 28.8 Å². The zero-order valence-corrected chi connectivity index (χ0v) is 78.9. The first-order chi connectivity index (χ1) is 68.3. The third-order valence-electron chi connectivity index (χ3n) is 22.1. The number of hydrogen-bond acceptors (Lipinski definition) is 26. The summed E-state index contributed by atoms with van der Waals surface area (Å²) < 4.78 is 16.0. The van der Waals surface area contributed by atoms with Crippen LogP contribution in [0.1, 0.15) is 62.5 Å². The quantitative estimate of drug-likeness (QED) is 0.0174. The fourth-order valence-corrected chi connectivity index (χ4v) is 14.8. The van der Waals surface area contributed by atoms with Crippen molar-refractivity contribution in [3.63, 3.8) is 0 Å². The Labute approximate surface area is 827 Å². The van der Waals surface area contributed by atoms with Crippen LogP contribution in [0, 0.1) is 17.8 Å². The molecule has 36 heteroatoms. The Hall–Kier alpha value is -16.3. The van der Waals surface area contributed by atoms with Crippen molar-refractivity contribution in [3.05, 3.63) is 317 Å². The minimum Gasteiger partial charge on any atom is -0.493 e. The molecule has 5 aliphatic rings. The normalized spacial score (nSPS) is 13.5. The van der Waals surface area contributed by atoms with Gasteiger partial charge in [0.2, 0.25) is 59.2 Å². The first kappa shape index (κ1) is 96.8. The predicted molar refractivity (Wildman–Crippen MR) is 556 cm³/mol. The average molecular weight is 1950 g/mol. The highest BCUT2D eigenvalue weighted by Crippen LogP contribution is 2.40. The molecule has 2 aliphatic heterocycles. The number of methoxy groups -OCH3 is 2. The van der Waals surface area contributed by atoms with Crippen molar-refractivity contribution in [1.82, 2.24) is 39.9 Å². The number of ether oxygens (including phenoxy) is 3. The number of morpholine rings is 1. The number of hydrogen-bond donors (Lipinski definition) is 13. The summed E-state index contributed by atoms with van der Waals surface area (Å²) in [5.41, 5.74) is 12.9. The van der Waals surface area contributed by atoms with Crippen molar-refractivity contribution in [3.8, 4) is 11.5 Å². The van der Waals surface area contributed by atoms with Crippen LogP contribution in [0.5, 0.6) is 11.5 Å². The highest BCUT2D eigenvalue weighted by molar-refractivity contribution is 6.34. The predicted octanol–water partition coefficient (Wildman–Crippen LogP) is 22.8. The van der Waals surface area contributed by atoms with E-state index in [-0.39, 0.29) is 53.2 Å². The van der Waals surface area contributed by atoms with Crippen LogP contribution in [0.25, 0.3) is 12.2 Å². The van der Waals surface area contributed by atoms with E-state index < -0.39 is 0 Å². The molecular weight excluding hydrogens is 1860 g/mol. The van der Waals surface area contributed by atoms with E-state index >= 15 is 0 Å². The van der Waals surface area contributed by atoms with E-state index in [2.05, 4.69) is 126 Å². The molecule has 3 aliphatic carbocycles. The molecule has 4 aromatic heterocycles. The van der Waals surface area contributed by atoms with Gasteiger partial charge in [-0.05, 0) is 202 Å². The smallest absolute Gasteiger partial charge is 0.248 e. The lowest BCUT2D eigenvalue weighted by molar-refractivity contribution is -0.118. The molecule has 2 saturated heterocycles. The Morgan fingerprint density at radius 1 is 0.350 bits per heavy atom. The summed E-state index contributed by atoms with van der Waals surface area (Å²) in [6.07, 6.45) is 19.7. The van der Waals surface area contributed by atoms with Crippen molar-refractivity contribution >= 4 is 226 Å². The Balaban J connectivity index is 0.000000135. The first-order valence-corrected chi connectivity index (χ1v) is 46.6. The van der Waals surface area contributed by atoms with Gasteiger partial charge in [0, 0.05) is 102 Å². The molecule has 14 aromatic rings. The number of para-hydroxylation sites is 8. The summed E-state index contributed by atoms with van der Waals surface area (Å²) >= 11 is 25.4. The summed E-state index contributed by atoms with van der Waals surface area (Å²) in [4.78, 5) is 112. The maximum absolute atomic E-state index is 12.5. The number of carbonyl (C=O) groups excluding carboxylic acids is 6. The van der Waals surface area contributed by atoms with Crippen molar-refractivity contribution in [2.75, 3.05) is 126 Å². The lowest BCUT2D eigenvalue weighted by Gasteiger charge is -2.28. The fourth-order valence-electron chi connectivity index (χ4n) is 14.2. The topological polar surface area (TPSA) is 396 Å². The van der Waals surface area contributed by atoms with E-state index in [0.717, 1.165) is 123 Å². The second-order valence-corrected chi connectivity index (χ2v) is 34.1. The molecule has 6 heterocycles. The van der Waals surface area contributed by atoms with Gasteiger partial charge in [0.05, 0.1) is 97.7 Å². The van der Waals surface area contributed by atoms with Crippen molar-refractivity contribution in [1.29, 1.82) is 0 Å². The second-order valence-electron chi connectivity index (χ2n) is 32.5. The zero-order valence-electron chi connectivity index (χ0n) is 75.9. The first-order valence-electron chi connectivity index (χ1n) is 45.1. The second kappa shape index (κ2) is 47.5. The molecule has 0 bridgehead atoms. The summed E-state index contributed by atoms with van der Waals surface area (Å²) in [6.45, 7) is 4.00. The van der Waals surface area contributed by atoms with Crippen LogP contribution in [0.3, 0.4) is 0 Å². The van der Waals surface area contributed by atoms with Gasteiger partial charge in [-0.25, -0.2) is 19.9 Å². The molecule has 10 aromatic carbocycles. The van der Waals surface area contributed by atoms with Crippen LogP contribution in [0.2, 0.25) is 20.1 Å². The Kier molecular flexibility index (Phi) is 32.8. The van der Waals surface area contributed by atoms with Gasteiger partial charge in [0.1, 0.15) is 20.1 Å². The SMILES string of the molecule is COc1ccc(Nc2ncc(Cl)c(Nc3ccccc3NC(=O)/C=C/c3ccccc3)n2)cc1OC.O=C(/C=C/c1ccccc1)Nc1ccccc1Nc1nc(Nc2ccc(N3CCOCC3)cc2)ncc1Cl.O=C(Nc1ccc(Nc2ncc(Cl)c(Nc3ccccc3NC(=O)C3CC3)n2)cc1)C1CC1.O=C(Nc1ccccc1Nc1nc(Nc2ccc(N3CCCC3=O)cc2)ncc1Cl)C1CC1. The lowest BCUT2D eigenvalue weighted by Crippen LogP contribution is -2.36. The highest BCUT2D eigenvalue weighted by Gasteiger charge is 2.33. The zero-order chi connectivity index (χ0) is 97.1. The highest BCUT2D eigenvalue weighted by atomic mass is 35.5. The van der Waals surface area contributed by atoms with Gasteiger partial charge < -0.3 is 93.1 Å². The van der Waals surface area contributed by atoms with Gasteiger partial charge in [0.15, 0.2) is 34.8 Å². The van der Waals surface area contributed by atoms with E-state index in [0.29, 0.717) is 136 Å². The van der Waals surface area contributed by atoms with Crippen LogP contribution in [-0.2, 0) is 33.5 Å². The molecule has 0 spiro atoms. The van der Waals surface area contributed by atoms with Crippen molar-refractivity contribution < 1.29 is 43.0 Å². The monoisotopic (exact) mass is 1950 g/mol. The van der Waals surface area contributed by atoms with Crippen molar-refractivity contribution in [2.45, 2.75) is 51.4 Å². The molecule has 140 heavy (non-hydrogen) atoms. The summed E-state index contributed by atoms with van der Waals surface area (Å²) in [6, 6.07) is 77.1. The number of anilines is 23. The maximum atomic E-state index is 12.5. The molecule has 0 atom stereocenters. The minimum atomic E-state index is -0.266. The van der Waals surface area contributed by atoms with E-state index in [1.807, 2.05) is 212 Å². The van der Waals surface area contributed by atoms with Gasteiger partial charge in [0.25, 0.3) is 0 Å². The number of nitrogens with zero attached hydrogens (tertiary/aromatic N) is 10. The van der Waals surface area contributed by atoms with Gasteiger partial charge in [-0.2, -0.15) is 19.9 Å². The molecular formula is C104H97Cl4N23O9. The average Bonchev–Trinajstić information content (AvgIpc) is 1.03. The molecule has 13 N–H and O–H groups in total. The van der Waals surface area contributed by atoms with E-state index in [9.17, 15) is 28.8 Å². The molecule has 5 fully saturated rings. The molecule has 0 radical (unpaired) electrons. The molecule has 32 nitrogen and oxygen atoms in total. The van der Waals surface area contributed by atoms with Gasteiger partial charge >= 0.3 is 0 Å². The molecule has 19 rings (SSSR count). The Bertz CT molecular complexity index is 6780. The Morgan fingerprint density at radius 2 is 0.671 bits per heavy atom. The Morgan fingerprint density at radius 3 is 1.03 bits per heavy atom. The van der Waals surface area contributed by atoms with E-state index in [1.165, 1.54) is 36.9 Å². The number of halogens is 4. The number of nitrogens with one attached hydrogen (secondary N) is 13. The number of aromatic nitrogens is 8. The van der Waals surface area contributed by atoms with Crippen LogP contribution < -0.4 is 88.4 Å². The maximum Gasteiger partial charge on any atom is 0.248 e. The number of amides is 6. The van der Waals surface area contributed by atoms with Crippen molar-refractivity contribution in [2.24, 2.45) is 17.8 Å². The largest absolute Gasteiger partial charge is 0.493 e. The van der Waals surface area contributed by atoms with Gasteiger partial charge in [-0.1, -0.05) is 156 Å². The van der Waals surface area contributed by atoms with E-state index in [1.54, 1.807) is 55.5 Å². The molecule has 0 unspecified atom stereocenters. The van der Waals surface area contributed by atoms with Crippen LogP contribution in [0.15, 0.2) is 286 Å². The molecule has 3 saturated carbocycles. The van der Waals surface area contributed by atoms with Crippen LogP contribution >= 0.6 is 46.4 Å². The lowest BCUT2D eigenvalue weighted by atomic mass is 10.2. The minimum absolute atomic E-state index is 0.0251. The number of benzene rings is 10. The fraction of sp³-hybridized carbons (Fsp3) is 0.173. The third kappa shape index (κ3) is 28.0. The number of carbonyl (C=O) groups is 6. The van der Waals surface area contributed by atoms with Gasteiger partial charge in [-0.15, -0.1) is 0 Å². The molecule has 710 valence electrons. The van der Waals surface area contributed by atoms with E-state index in [4.69, 9.17) is 60.6 Å². The standard InChI is InChI=1S/C29H27ClN6O2.C27H24ClN5O3.2C24H23ClN6O2/c30-24-20-31-29(32-22-11-13-23(14-12-22)36-16-18-38-19-17-36)35-28(24)34-26-9-5-4-8-25(26)33-27(37)15-10-21-6-2-1-3-7-21;1-35-23-14-13-19(16-24(23)36-2)30-27-29-17-20(28)26(33-27)32-22-11-7-6-10-21(22)31-25(34)15-12-18-8-4-3-5-9-18;25-18-14-26-24(27-16-9-11-17(12-10-16)31-13-3-6-21(31)32)30-22(18)28-19-4-1-2-5-20(19)29-23(33)15-7-8-15;25-18-13-26-24(28-17-11-9-16(10-12-17)27-22(32)14-5-6-14)31-21(18)29-19-3-1-2-4-20(19)30-23(33)15-7-8-15/h1-15,20H,16-19H2,(H,33,37)(H2,31,32,34,35);3-17H,1-2H3,(H,31,34)(H2,29,30,32,33);1-2,4-5,9-12,14-15H,3,6-8,13H2,(H,29,33)(H2,26,27,28,30);1-4,9-15H,5-8H2,(H,27,32)(H,30,33)(H2,26,28,29,31)/b15-10+;15-12+;;. The summed E-state index contributed by atoms with van der Waals surface area (Å²) in [5, 5.41) is 41.4. The third-order valence-corrected chi connectivity index (χ3v) is 23.2. The van der Waals surface area contributed by atoms with Crippen LogP contribution in [-0.4, -0.2) is 122 Å². The summed E-state index contributed by atoms with van der Waals surface area (Å²) in [7, 11) is 3.14. The summed E-state index contributed by atoms with van der Waals surface area (Å²) in [5.74, 6) is 4.35.